The summed E-state index contributed by atoms with van der Waals surface area (Å²) in [6.45, 7) is 3.16. The molecule has 0 radical (unpaired) electrons. The van der Waals surface area contributed by atoms with Gasteiger partial charge in [0.2, 0.25) is 11.8 Å². The predicted octanol–water partition coefficient (Wildman–Crippen LogP) is 2.04. The molecule has 1 aromatic rings. The summed E-state index contributed by atoms with van der Waals surface area (Å²) < 4.78 is 5.38. The number of nitrogens with zero attached hydrogens (tertiary/aromatic N) is 2. The van der Waals surface area contributed by atoms with E-state index in [1.54, 1.807) is 12.0 Å². The highest BCUT2D eigenvalue weighted by molar-refractivity contribution is 6.01. The molecule has 2 aliphatic heterocycles. The lowest BCUT2D eigenvalue weighted by molar-refractivity contribution is -0.136. The van der Waals surface area contributed by atoms with Crippen molar-refractivity contribution in [1.82, 2.24) is 10.2 Å². The Kier molecular flexibility index (Phi) is 5.34. The van der Waals surface area contributed by atoms with Crippen molar-refractivity contribution in [1.29, 1.82) is 0 Å². The van der Waals surface area contributed by atoms with Crippen LogP contribution in [0.2, 0.25) is 0 Å². The highest BCUT2D eigenvalue weighted by Gasteiger charge is 2.39. The molecule has 6 nitrogen and oxygen atoms in total. The van der Waals surface area contributed by atoms with Crippen molar-refractivity contribution >= 4 is 17.5 Å². The number of ether oxygens (including phenoxy) is 1. The van der Waals surface area contributed by atoms with E-state index in [-0.39, 0.29) is 24.2 Å². The van der Waals surface area contributed by atoms with Crippen molar-refractivity contribution in [2.75, 3.05) is 38.2 Å². The van der Waals surface area contributed by atoms with Gasteiger partial charge in [0.25, 0.3) is 0 Å². The van der Waals surface area contributed by atoms with E-state index in [1.165, 1.54) is 12.8 Å². The third-order valence-electron chi connectivity index (χ3n) is 6.05. The van der Waals surface area contributed by atoms with Gasteiger partial charge in [0.15, 0.2) is 0 Å². The molecule has 1 N–H and O–H groups in total. The SMILES string of the molecule is COc1ccccc1N1CC(C(=O)N2CCC(NCC3CC3)CC2)CC1=O. The lowest BCUT2D eigenvalue weighted by Gasteiger charge is -2.34. The summed E-state index contributed by atoms with van der Waals surface area (Å²) in [4.78, 5) is 29.1. The van der Waals surface area contributed by atoms with Gasteiger partial charge in [-0.2, -0.15) is 0 Å². The summed E-state index contributed by atoms with van der Waals surface area (Å²) in [5.74, 6) is 1.43. The Morgan fingerprint density at radius 1 is 1.19 bits per heavy atom. The zero-order valence-corrected chi connectivity index (χ0v) is 16.0. The minimum atomic E-state index is -0.251. The van der Waals surface area contributed by atoms with Crippen LogP contribution in [0.4, 0.5) is 5.69 Å². The molecular weight excluding hydrogens is 342 g/mol. The Labute approximate surface area is 160 Å². The van der Waals surface area contributed by atoms with E-state index in [4.69, 9.17) is 4.74 Å². The van der Waals surface area contributed by atoms with E-state index in [0.29, 0.717) is 18.3 Å². The van der Waals surface area contributed by atoms with Crippen LogP contribution in [0, 0.1) is 11.8 Å². The third-order valence-corrected chi connectivity index (χ3v) is 6.05. The molecule has 2 heterocycles. The summed E-state index contributed by atoms with van der Waals surface area (Å²) in [5, 5.41) is 3.65. The monoisotopic (exact) mass is 371 g/mol. The molecule has 1 atom stereocenters. The summed E-state index contributed by atoms with van der Waals surface area (Å²) in [6.07, 6.45) is 5.03. The number of para-hydroxylation sites is 2. The number of likely N-dealkylation sites (tertiary alicyclic amines) is 1. The molecule has 2 amide bonds. The van der Waals surface area contributed by atoms with Gasteiger partial charge < -0.3 is 19.9 Å². The number of methoxy groups -OCH3 is 1. The number of piperidine rings is 1. The molecule has 0 bridgehead atoms. The number of nitrogens with one attached hydrogen (secondary N) is 1. The Hall–Kier alpha value is -2.08. The standard InChI is InChI=1S/C21H29N3O3/c1-27-19-5-3-2-4-18(19)24-14-16(12-20(24)25)21(26)23-10-8-17(9-11-23)22-13-15-6-7-15/h2-5,15-17,22H,6-14H2,1H3. The normalized spacial score (nSPS) is 23.7. The smallest absolute Gasteiger partial charge is 0.228 e. The van der Waals surface area contributed by atoms with Gasteiger partial charge in [0, 0.05) is 32.1 Å². The Balaban J connectivity index is 1.32. The van der Waals surface area contributed by atoms with Crippen molar-refractivity contribution in [3.8, 4) is 5.75 Å². The van der Waals surface area contributed by atoms with Crippen LogP contribution in [0.15, 0.2) is 24.3 Å². The van der Waals surface area contributed by atoms with Gasteiger partial charge in [-0.3, -0.25) is 9.59 Å². The number of carbonyl (C=O) groups excluding carboxylic acids is 2. The number of amides is 2. The number of rotatable bonds is 6. The second kappa shape index (κ2) is 7.89. The van der Waals surface area contributed by atoms with Crippen LogP contribution >= 0.6 is 0 Å². The Morgan fingerprint density at radius 3 is 2.63 bits per heavy atom. The van der Waals surface area contributed by atoms with Gasteiger partial charge in [-0.1, -0.05) is 12.1 Å². The van der Waals surface area contributed by atoms with E-state index >= 15 is 0 Å². The fourth-order valence-corrected chi connectivity index (χ4v) is 4.18. The van der Waals surface area contributed by atoms with E-state index in [1.807, 2.05) is 29.2 Å². The van der Waals surface area contributed by atoms with Crippen molar-refractivity contribution in [2.24, 2.45) is 11.8 Å². The quantitative estimate of drug-likeness (QED) is 0.831. The van der Waals surface area contributed by atoms with Crippen molar-refractivity contribution in [2.45, 2.75) is 38.1 Å². The molecule has 27 heavy (non-hydrogen) atoms. The van der Waals surface area contributed by atoms with Crippen LogP contribution in [0.5, 0.6) is 5.75 Å². The maximum atomic E-state index is 13.0. The van der Waals surface area contributed by atoms with Crippen LogP contribution in [0.1, 0.15) is 32.1 Å². The topological polar surface area (TPSA) is 61.9 Å². The second-order valence-electron chi connectivity index (χ2n) is 8.03. The molecule has 146 valence electrons. The average Bonchev–Trinajstić information content (AvgIpc) is 3.46. The van der Waals surface area contributed by atoms with E-state index in [2.05, 4.69) is 5.32 Å². The third kappa shape index (κ3) is 4.10. The molecule has 4 rings (SSSR count). The minimum absolute atomic E-state index is 0.00108. The lowest BCUT2D eigenvalue weighted by Crippen LogP contribution is -2.47. The predicted molar refractivity (Wildman–Crippen MR) is 104 cm³/mol. The summed E-state index contributed by atoms with van der Waals surface area (Å²) >= 11 is 0. The van der Waals surface area contributed by atoms with Crippen LogP contribution in [0.25, 0.3) is 0 Å². The van der Waals surface area contributed by atoms with Gasteiger partial charge >= 0.3 is 0 Å². The first kappa shape index (κ1) is 18.3. The van der Waals surface area contributed by atoms with Crippen LogP contribution in [-0.2, 0) is 9.59 Å². The molecule has 2 saturated heterocycles. The molecule has 0 aromatic heterocycles. The highest BCUT2D eigenvalue weighted by Crippen LogP contribution is 2.33. The van der Waals surface area contributed by atoms with Crippen LogP contribution in [0.3, 0.4) is 0 Å². The first-order chi connectivity index (χ1) is 13.2. The average molecular weight is 371 g/mol. The molecule has 1 aromatic carbocycles. The maximum absolute atomic E-state index is 13.0. The first-order valence-electron chi connectivity index (χ1n) is 10.1. The van der Waals surface area contributed by atoms with Gasteiger partial charge in [-0.25, -0.2) is 0 Å². The molecule has 0 spiro atoms. The largest absolute Gasteiger partial charge is 0.495 e. The summed E-state index contributed by atoms with van der Waals surface area (Å²) in [5.41, 5.74) is 0.753. The summed E-state index contributed by atoms with van der Waals surface area (Å²) in [7, 11) is 1.60. The zero-order chi connectivity index (χ0) is 18.8. The van der Waals surface area contributed by atoms with Gasteiger partial charge in [0.1, 0.15) is 5.75 Å². The number of carbonyl (C=O) groups is 2. The molecule has 1 aliphatic carbocycles. The molecule has 1 unspecified atom stereocenters. The second-order valence-corrected chi connectivity index (χ2v) is 8.03. The van der Waals surface area contributed by atoms with Crippen LogP contribution in [-0.4, -0.2) is 56.0 Å². The fraction of sp³-hybridized carbons (Fsp3) is 0.619. The molecule has 3 fully saturated rings. The number of hydrogen-bond donors (Lipinski definition) is 1. The minimum Gasteiger partial charge on any atom is -0.495 e. The molecule has 1 saturated carbocycles. The van der Waals surface area contributed by atoms with Gasteiger partial charge in [0.05, 0.1) is 18.7 Å². The first-order valence-corrected chi connectivity index (χ1v) is 10.1. The van der Waals surface area contributed by atoms with E-state index in [9.17, 15) is 9.59 Å². The Morgan fingerprint density at radius 2 is 1.93 bits per heavy atom. The lowest BCUT2D eigenvalue weighted by atomic mass is 10.0. The summed E-state index contributed by atoms with van der Waals surface area (Å²) in [6, 6.07) is 8.02. The van der Waals surface area contributed by atoms with Crippen molar-refractivity contribution < 1.29 is 14.3 Å². The zero-order valence-electron chi connectivity index (χ0n) is 16.0. The van der Waals surface area contributed by atoms with Crippen LogP contribution < -0.4 is 15.0 Å². The van der Waals surface area contributed by atoms with Crippen molar-refractivity contribution in [3.63, 3.8) is 0 Å². The molecular formula is C21H29N3O3. The van der Waals surface area contributed by atoms with E-state index < -0.39 is 0 Å². The van der Waals surface area contributed by atoms with Gasteiger partial charge in [-0.05, 0) is 50.3 Å². The van der Waals surface area contributed by atoms with E-state index in [0.717, 1.165) is 44.1 Å². The van der Waals surface area contributed by atoms with Crippen molar-refractivity contribution in [3.05, 3.63) is 24.3 Å². The number of benzene rings is 1. The maximum Gasteiger partial charge on any atom is 0.228 e. The number of anilines is 1. The Bertz CT molecular complexity index is 696. The molecule has 6 heteroatoms. The number of hydrogen-bond acceptors (Lipinski definition) is 4. The molecule has 3 aliphatic rings. The fourth-order valence-electron chi connectivity index (χ4n) is 4.18. The highest BCUT2D eigenvalue weighted by atomic mass is 16.5. The van der Waals surface area contributed by atoms with Gasteiger partial charge in [-0.15, -0.1) is 0 Å².